The van der Waals surface area contributed by atoms with E-state index in [1.165, 1.54) is 19.3 Å². The molecule has 3 nitrogen and oxygen atoms in total. The van der Waals surface area contributed by atoms with Crippen LogP contribution in [0.5, 0.6) is 0 Å². The maximum atomic E-state index is 5.93. The number of hydrogen-bond acceptors (Lipinski definition) is 3. The maximum Gasteiger partial charge on any atom is 0.0808 e. The van der Waals surface area contributed by atoms with E-state index in [1.54, 1.807) is 0 Å². The van der Waals surface area contributed by atoms with E-state index in [2.05, 4.69) is 0 Å². The number of hydrogen-bond donors (Lipinski definition) is 1. The van der Waals surface area contributed by atoms with Crippen LogP contribution in [0.4, 0.5) is 0 Å². The van der Waals surface area contributed by atoms with Crippen molar-refractivity contribution in [3.05, 3.63) is 0 Å². The summed E-state index contributed by atoms with van der Waals surface area (Å²) in [5.41, 5.74) is 5.93. The average Bonchev–Trinajstić information content (AvgIpc) is 2.63. The highest BCUT2D eigenvalue weighted by Crippen LogP contribution is 2.21. The van der Waals surface area contributed by atoms with Gasteiger partial charge in [0.1, 0.15) is 0 Å². The van der Waals surface area contributed by atoms with E-state index in [0.29, 0.717) is 12.2 Å². The zero-order valence-corrected chi connectivity index (χ0v) is 8.78. The minimum atomic E-state index is 0.263. The predicted octanol–water partition coefficient (Wildman–Crippen LogP) is 1.45. The van der Waals surface area contributed by atoms with Crippen LogP contribution in [0, 0.1) is 0 Å². The van der Waals surface area contributed by atoms with E-state index in [0.717, 1.165) is 32.5 Å². The van der Waals surface area contributed by atoms with Crippen LogP contribution in [-0.2, 0) is 9.47 Å². The van der Waals surface area contributed by atoms with Gasteiger partial charge in [0, 0.05) is 12.6 Å². The average molecular weight is 199 g/mol. The molecule has 14 heavy (non-hydrogen) atoms. The normalized spacial score (nSPS) is 38.8. The molecule has 1 heterocycles. The molecule has 0 aromatic heterocycles. The lowest BCUT2D eigenvalue weighted by atomic mass is 10.1. The summed E-state index contributed by atoms with van der Waals surface area (Å²) < 4.78 is 11.4. The van der Waals surface area contributed by atoms with Crippen LogP contribution in [0.2, 0.25) is 0 Å². The smallest absolute Gasteiger partial charge is 0.0808 e. The van der Waals surface area contributed by atoms with Gasteiger partial charge >= 0.3 is 0 Å². The molecule has 0 bridgehead atoms. The fraction of sp³-hybridized carbons (Fsp3) is 1.00. The molecule has 2 rings (SSSR count). The Balaban J connectivity index is 1.65. The standard InChI is InChI=1S/C11H21NO2/c12-10-5-3-6-11(10)14-8-9-4-1-2-7-13-9/h9-11H,1-8,12H2. The topological polar surface area (TPSA) is 44.5 Å². The molecule has 2 fully saturated rings. The van der Waals surface area contributed by atoms with Crippen molar-refractivity contribution in [3.8, 4) is 0 Å². The highest BCUT2D eigenvalue weighted by atomic mass is 16.5. The Morgan fingerprint density at radius 1 is 1.14 bits per heavy atom. The van der Waals surface area contributed by atoms with E-state index in [-0.39, 0.29) is 6.04 Å². The summed E-state index contributed by atoms with van der Waals surface area (Å²) in [6.07, 6.45) is 7.74. The molecule has 0 amide bonds. The van der Waals surface area contributed by atoms with Crippen molar-refractivity contribution >= 4 is 0 Å². The lowest BCUT2D eigenvalue weighted by Gasteiger charge is -2.25. The van der Waals surface area contributed by atoms with Gasteiger partial charge in [-0.25, -0.2) is 0 Å². The molecule has 1 aliphatic heterocycles. The Labute approximate surface area is 85.9 Å². The zero-order chi connectivity index (χ0) is 9.80. The first-order chi connectivity index (χ1) is 6.86. The Morgan fingerprint density at radius 2 is 2.07 bits per heavy atom. The summed E-state index contributed by atoms with van der Waals surface area (Å²) in [6.45, 7) is 1.66. The van der Waals surface area contributed by atoms with Crippen molar-refractivity contribution in [1.29, 1.82) is 0 Å². The molecule has 3 unspecified atom stereocenters. The summed E-state index contributed by atoms with van der Waals surface area (Å²) in [4.78, 5) is 0. The molecule has 1 aliphatic carbocycles. The lowest BCUT2D eigenvalue weighted by molar-refractivity contribution is -0.0640. The number of nitrogens with two attached hydrogens (primary N) is 1. The molecular formula is C11H21NO2. The predicted molar refractivity (Wildman–Crippen MR) is 55.2 cm³/mol. The Morgan fingerprint density at radius 3 is 2.71 bits per heavy atom. The van der Waals surface area contributed by atoms with Gasteiger partial charge in [0.15, 0.2) is 0 Å². The maximum absolute atomic E-state index is 5.93. The summed E-state index contributed by atoms with van der Waals surface area (Å²) in [5.74, 6) is 0. The first-order valence-electron chi connectivity index (χ1n) is 5.85. The summed E-state index contributed by atoms with van der Waals surface area (Å²) >= 11 is 0. The van der Waals surface area contributed by atoms with Gasteiger partial charge in [-0.1, -0.05) is 0 Å². The molecule has 0 radical (unpaired) electrons. The first kappa shape index (κ1) is 10.4. The van der Waals surface area contributed by atoms with E-state index < -0.39 is 0 Å². The minimum Gasteiger partial charge on any atom is -0.376 e. The third-order valence-corrected chi connectivity index (χ3v) is 3.27. The van der Waals surface area contributed by atoms with Crippen molar-refractivity contribution < 1.29 is 9.47 Å². The van der Waals surface area contributed by atoms with Crippen molar-refractivity contribution in [3.63, 3.8) is 0 Å². The number of ether oxygens (including phenoxy) is 2. The minimum absolute atomic E-state index is 0.263. The third kappa shape index (κ3) is 2.69. The highest BCUT2D eigenvalue weighted by molar-refractivity contribution is 4.81. The molecule has 2 aliphatic rings. The van der Waals surface area contributed by atoms with E-state index in [9.17, 15) is 0 Å². The molecule has 82 valence electrons. The molecule has 3 atom stereocenters. The van der Waals surface area contributed by atoms with Gasteiger partial charge in [0.05, 0.1) is 18.8 Å². The van der Waals surface area contributed by atoms with E-state index in [4.69, 9.17) is 15.2 Å². The lowest BCUT2D eigenvalue weighted by Crippen LogP contribution is -2.35. The molecule has 0 spiro atoms. The van der Waals surface area contributed by atoms with Crippen LogP contribution >= 0.6 is 0 Å². The molecular weight excluding hydrogens is 178 g/mol. The van der Waals surface area contributed by atoms with Gasteiger partial charge in [-0.3, -0.25) is 0 Å². The zero-order valence-electron chi connectivity index (χ0n) is 8.78. The van der Waals surface area contributed by atoms with Gasteiger partial charge in [0.2, 0.25) is 0 Å². The van der Waals surface area contributed by atoms with E-state index in [1.807, 2.05) is 0 Å². The Bertz CT molecular complexity index is 169. The van der Waals surface area contributed by atoms with Crippen molar-refractivity contribution in [2.45, 2.75) is 56.8 Å². The van der Waals surface area contributed by atoms with Gasteiger partial charge in [-0.2, -0.15) is 0 Å². The molecule has 3 heteroatoms. The van der Waals surface area contributed by atoms with Crippen LogP contribution in [0.25, 0.3) is 0 Å². The van der Waals surface area contributed by atoms with Gasteiger partial charge in [0.25, 0.3) is 0 Å². The molecule has 1 saturated carbocycles. The second-order valence-electron chi connectivity index (χ2n) is 4.46. The van der Waals surface area contributed by atoms with Crippen LogP contribution in [0.3, 0.4) is 0 Å². The fourth-order valence-corrected chi connectivity index (χ4v) is 2.33. The van der Waals surface area contributed by atoms with Gasteiger partial charge in [-0.15, -0.1) is 0 Å². The van der Waals surface area contributed by atoms with Crippen molar-refractivity contribution in [1.82, 2.24) is 0 Å². The summed E-state index contributed by atoms with van der Waals surface area (Å²) in [7, 11) is 0. The molecule has 0 aromatic carbocycles. The Kier molecular flexibility index (Phi) is 3.79. The van der Waals surface area contributed by atoms with Crippen LogP contribution in [0.1, 0.15) is 38.5 Å². The molecule has 2 N–H and O–H groups in total. The van der Waals surface area contributed by atoms with E-state index >= 15 is 0 Å². The second kappa shape index (κ2) is 5.10. The molecule has 1 saturated heterocycles. The van der Waals surface area contributed by atoms with Crippen LogP contribution in [-0.4, -0.2) is 31.5 Å². The first-order valence-corrected chi connectivity index (χ1v) is 5.85. The van der Waals surface area contributed by atoms with Crippen molar-refractivity contribution in [2.24, 2.45) is 5.73 Å². The Hall–Kier alpha value is -0.120. The highest BCUT2D eigenvalue weighted by Gasteiger charge is 2.25. The quantitative estimate of drug-likeness (QED) is 0.748. The largest absolute Gasteiger partial charge is 0.376 e. The van der Waals surface area contributed by atoms with Gasteiger partial charge in [-0.05, 0) is 38.5 Å². The summed E-state index contributed by atoms with van der Waals surface area (Å²) in [5, 5.41) is 0. The SMILES string of the molecule is NC1CCCC1OCC1CCCCO1. The fourth-order valence-electron chi connectivity index (χ4n) is 2.33. The van der Waals surface area contributed by atoms with Crippen molar-refractivity contribution in [2.75, 3.05) is 13.2 Å². The summed E-state index contributed by atoms with van der Waals surface area (Å²) in [6, 6.07) is 0.263. The third-order valence-electron chi connectivity index (χ3n) is 3.27. The van der Waals surface area contributed by atoms with Gasteiger partial charge < -0.3 is 15.2 Å². The van der Waals surface area contributed by atoms with Crippen LogP contribution < -0.4 is 5.73 Å². The molecule has 0 aromatic rings. The monoisotopic (exact) mass is 199 g/mol. The number of rotatable bonds is 3. The van der Waals surface area contributed by atoms with Crippen LogP contribution in [0.15, 0.2) is 0 Å². The second-order valence-corrected chi connectivity index (χ2v) is 4.46.